The molecule has 0 atom stereocenters. The number of benzene rings is 2. The number of aromatic amines is 1. The van der Waals surface area contributed by atoms with Crippen molar-refractivity contribution in [2.75, 3.05) is 0 Å². The van der Waals surface area contributed by atoms with Gasteiger partial charge in [0.15, 0.2) is 0 Å². The summed E-state index contributed by atoms with van der Waals surface area (Å²) in [5.74, 6) is 0.597. The van der Waals surface area contributed by atoms with E-state index in [0.29, 0.717) is 5.82 Å². The highest BCUT2D eigenvalue weighted by atomic mass is 15.5. The van der Waals surface area contributed by atoms with Gasteiger partial charge in [0.1, 0.15) is 0 Å². The van der Waals surface area contributed by atoms with Gasteiger partial charge in [-0.2, -0.15) is 10.3 Å². The Morgan fingerprint density at radius 2 is 1.67 bits per heavy atom. The lowest BCUT2D eigenvalue weighted by Gasteiger charge is -2.07. The second-order valence-corrected chi connectivity index (χ2v) is 6.36. The van der Waals surface area contributed by atoms with Gasteiger partial charge < -0.3 is 0 Å². The van der Waals surface area contributed by atoms with Gasteiger partial charge in [-0.05, 0) is 40.1 Å². The molecular formula is C21H16N6. The fourth-order valence-corrected chi connectivity index (χ4v) is 3.29. The number of hydrogen-bond acceptors (Lipinski definition) is 4. The number of pyridine rings is 1. The van der Waals surface area contributed by atoms with Gasteiger partial charge in [0.25, 0.3) is 0 Å². The number of nitrogens with one attached hydrogen (secondary N) is 1. The molecule has 0 aliphatic heterocycles. The molecule has 0 saturated carbocycles. The van der Waals surface area contributed by atoms with E-state index in [4.69, 9.17) is 0 Å². The molecule has 5 aromatic rings. The molecule has 1 N–H and O–H groups in total. The molecule has 0 radical (unpaired) electrons. The molecule has 0 aliphatic rings. The molecule has 0 aliphatic carbocycles. The molecule has 6 heteroatoms. The molecule has 3 heterocycles. The van der Waals surface area contributed by atoms with E-state index in [1.165, 1.54) is 5.56 Å². The number of H-pyrrole nitrogens is 1. The summed E-state index contributed by atoms with van der Waals surface area (Å²) < 4.78 is 1.91. The molecule has 27 heavy (non-hydrogen) atoms. The van der Waals surface area contributed by atoms with Crippen LogP contribution in [0.15, 0.2) is 79.0 Å². The van der Waals surface area contributed by atoms with Crippen molar-refractivity contribution in [1.82, 2.24) is 30.2 Å². The predicted octanol–water partition coefficient (Wildman–Crippen LogP) is 3.77. The predicted molar refractivity (Wildman–Crippen MR) is 103 cm³/mol. The maximum atomic E-state index is 4.63. The second kappa shape index (κ2) is 6.49. The normalized spacial score (nSPS) is 11.1. The van der Waals surface area contributed by atoms with Crippen LogP contribution in [0, 0.1) is 0 Å². The van der Waals surface area contributed by atoms with Crippen LogP contribution in [-0.2, 0) is 6.42 Å². The van der Waals surface area contributed by atoms with E-state index in [1.54, 1.807) is 0 Å². The first-order chi connectivity index (χ1) is 13.4. The van der Waals surface area contributed by atoms with E-state index in [9.17, 15) is 0 Å². The Balaban J connectivity index is 1.44. The van der Waals surface area contributed by atoms with Crippen LogP contribution in [0.1, 0.15) is 11.3 Å². The van der Waals surface area contributed by atoms with Crippen molar-refractivity contribution in [3.8, 4) is 22.5 Å². The first-order valence-corrected chi connectivity index (χ1v) is 8.72. The topological polar surface area (TPSA) is 71.8 Å². The minimum Gasteiger partial charge on any atom is -0.241 e. The minimum atomic E-state index is 0.597. The third-order valence-electron chi connectivity index (χ3n) is 4.58. The average Bonchev–Trinajstić information content (AvgIpc) is 3.38. The summed E-state index contributed by atoms with van der Waals surface area (Å²) in [6, 6.07) is 24.8. The maximum Gasteiger partial charge on any atom is 0.205 e. The van der Waals surface area contributed by atoms with Crippen LogP contribution in [0.3, 0.4) is 0 Å². The Morgan fingerprint density at radius 1 is 0.852 bits per heavy atom. The van der Waals surface area contributed by atoms with E-state index in [1.807, 2.05) is 41.0 Å². The number of nitrogens with zero attached hydrogens (tertiary/aromatic N) is 5. The van der Waals surface area contributed by atoms with E-state index in [0.717, 1.165) is 34.3 Å². The average molecular weight is 352 g/mol. The number of rotatable bonds is 4. The van der Waals surface area contributed by atoms with Crippen molar-refractivity contribution in [3.05, 3.63) is 90.3 Å². The fourth-order valence-electron chi connectivity index (χ4n) is 3.29. The minimum absolute atomic E-state index is 0.597. The Bertz CT molecular complexity index is 1160. The Morgan fingerprint density at radius 3 is 2.44 bits per heavy atom. The first-order valence-electron chi connectivity index (χ1n) is 8.72. The lowest BCUT2D eigenvalue weighted by atomic mass is 9.97. The van der Waals surface area contributed by atoms with Crippen molar-refractivity contribution in [1.29, 1.82) is 0 Å². The second-order valence-electron chi connectivity index (χ2n) is 6.36. The van der Waals surface area contributed by atoms with Crippen molar-refractivity contribution in [2.45, 2.75) is 6.42 Å². The number of aromatic nitrogens is 6. The summed E-state index contributed by atoms with van der Waals surface area (Å²) in [5.41, 5.74) is 6.55. The van der Waals surface area contributed by atoms with Crippen LogP contribution in [0.4, 0.5) is 0 Å². The molecule has 0 fully saturated rings. The van der Waals surface area contributed by atoms with Crippen LogP contribution in [0.2, 0.25) is 0 Å². The summed E-state index contributed by atoms with van der Waals surface area (Å²) in [4.78, 5) is 0. The lowest BCUT2D eigenvalue weighted by molar-refractivity contribution is 0.881. The summed E-state index contributed by atoms with van der Waals surface area (Å²) in [6.07, 6.45) is 2.77. The number of tetrazole rings is 1. The van der Waals surface area contributed by atoms with Crippen molar-refractivity contribution in [3.63, 3.8) is 0 Å². The highest BCUT2D eigenvalue weighted by Gasteiger charge is 2.10. The highest BCUT2D eigenvalue weighted by molar-refractivity contribution is 5.80. The molecular weight excluding hydrogens is 336 g/mol. The quantitative estimate of drug-likeness (QED) is 0.534. The van der Waals surface area contributed by atoms with Crippen molar-refractivity contribution in [2.24, 2.45) is 0 Å². The molecule has 3 aromatic heterocycles. The lowest BCUT2D eigenvalue weighted by Crippen LogP contribution is -1.92. The molecule has 0 amide bonds. The van der Waals surface area contributed by atoms with Crippen molar-refractivity contribution < 1.29 is 0 Å². The molecule has 2 aromatic carbocycles. The standard InChI is InChI=1S/C21H16N6/c1-2-7-20(21-22-25-26-23-21)19(6-1)16-10-8-15(9-11-16)13-17-14-18-5-3-4-12-27(18)24-17/h1-12,14H,13H2,(H,22,23,25,26). The zero-order chi connectivity index (χ0) is 18.1. The fraction of sp³-hybridized carbons (Fsp3) is 0.0476. The summed E-state index contributed by atoms with van der Waals surface area (Å²) in [5, 5.41) is 19.0. The molecule has 0 bridgehead atoms. The summed E-state index contributed by atoms with van der Waals surface area (Å²) >= 11 is 0. The Hall–Kier alpha value is -3.80. The van der Waals surface area contributed by atoms with Gasteiger partial charge >= 0.3 is 0 Å². The molecule has 0 spiro atoms. The van der Waals surface area contributed by atoms with Crippen LogP contribution in [0.25, 0.3) is 28.0 Å². The first kappa shape index (κ1) is 15.5. The van der Waals surface area contributed by atoms with Gasteiger partial charge in [0.2, 0.25) is 5.82 Å². The zero-order valence-corrected chi connectivity index (χ0v) is 14.4. The number of fused-ring (bicyclic) bond motifs is 1. The van der Waals surface area contributed by atoms with E-state index in [-0.39, 0.29) is 0 Å². The van der Waals surface area contributed by atoms with Gasteiger partial charge in [-0.15, -0.1) is 10.2 Å². The number of hydrogen-bond donors (Lipinski definition) is 1. The van der Waals surface area contributed by atoms with Crippen LogP contribution in [-0.4, -0.2) is 30.2 Å². The Kier molecular flexibility index (Phi) is 3.72. The third kappa shape index (κ3) is 2.97. The van der Waals surface area contributed by atoms with Gasteiger partial charge in [0.05, 0.1) is 11.2 Å². The smallest absolute Gasteiger partial charge is 0.205 e. The molecule has 5 rings (SSSR count). The maximum absolute atomic E-state index is 4.63. The van der Waals surface area contributed by atoms with Gasteiger partial charge in [-0.3, -0.25) is 0 Å². The zero-order valence-electron chi connectivity index (χ0n) is 14.4. The van der Waals surface area contributed by atoms with Crippen LogP contribution in [0.5, 0.6) is 0 Å². The van der Waals surface area contributed by atoms with Gasteiger partial charge in [-0.25, -0.2) is 4.52 Å². The SMILES string of the molecule is c1ccc(-c2nn[nH]n2)c(-c2ccc(Cc3cc4ccccn4n3)cc2)c1. The third-order valence-corrected chi connectivity index (χ3v) is 4.58. The van der Waals surface area contributed by atoms with E-state index in [2.05, 4.69) is 68.2 Å². The van der Waals surface area contributed by atoms with Gasteiger partial charge in [-0.1, -0.05) is 54.6 Å². The van der Waals surface area contributed by atoms with Gasteiger partial charge in [0, 0.05) is 18.2 Å². The molecule has 130 valence electrons. The molecule has 0 saturated heterocycles. The van der Waals surface area contributed by atoms with Crippen LogP contribution >= 0.6 is 0 Å². The summed E-state index contributed by atoms with van der Waals surface area (Å²) in [7, 11) is 0. The highest BCUT2D eigenvalue weighted by Crippen LogP contribution is 2.29. The van der Waals surface area contributed by atoms with E-state index < -0.39 is 0 Å². The largest absolute Gasteiger partial charge is 0.241 e. The van der Waals surface area contributed by atoms with E-state index >= 15 is 0 Å². The molecule has 0 unspecified atom stereocenters. The monoisotopic (exact) mass is 352 g/mol. The van der Waals surface area contributed by atoms with Crippen LogP contribution < -0.4 is 0 Å². The molecule has 6 nitrogen and oxygen atoms in total. The Labute approximate surface area is 155 Å². The summed E-state index contributed by atoms with van der Waals surface area (Å²) in [6.45, 7) is 0. The van der Waals surface area contributed by atoms with Crippen molar-refractivity contribution >= 4 is 5.52 Å².